The Morgan fingerprint density at radius 1 is 1.40 bits per heavy atom. The van der Waals surface area contributed by atoms with Crippen LogP contribution in [-0.4, -0.2) is 17.9 Å². The van der Waals surface area contributed by atoms with Crippen LogP contribution >= 0.6 is 11.3 Å². The minimum absolute atomic E-state index is 0.0768. The first-order valence-electron chi connectivity index (χ1n) is 6.72. The third-order valence-corrected chi connectivity index (χ3v) is 4.04. The molecular weight excluding hydrogens is 270 g/mol. The van der Waals surface area contributed by atoms with E-state index in [0.717, 1.165) is 18.7 Å². The monoisotopic (exact) mass is 289 g/mol. The fourth-order valence-corrected chi connectivity index (χ4v) is 2.79. The standard InChI is InChI=1S/C15H19N3OS/c1-3-5-12(13-6-4-9-20-13)18-15(19)11-7-8-14(16-2)17-10-11/h4,6-10,12H,3,5H2,1-2H3,(H,16,17)(H,18,19). The number of carbonyl (C=O) groups is 1. The van der Waals surface area contributed by atoms with Crippen molar-refractivity contribution in [2.45, 2.75) is 25.8 Å². The third kappa shape index (κ3) is 3.57. The summed E-state index contributed by atoms with van der Waals surface area (Å²) in [5, 5.41) is 8.06. The summed E-state index contributed by atoms with van der Waals surface area (Å²) < 4.78 is 0. The molecule has 0 spiro atoms. The average molecular weight is 289 g/mol. The Morgan fingerprint density at radius 2 is 2.25 bits per heavy atom. The molecule has 1 unspecified atom stereocenters. The first kappa shape index (κ1) is 14.5. The van der Waals surface area contributed by atoms with Gasteiger partial charge in [-0.25, -0.2) is 4.98 Å². The van der Waals surface area contributed by atoms with Gasteiger partial charge in [0, 0.05) is 18.1 Å². The van der Waals surface area contributed by atoms with E-state index in [4.69, 9.17) is 0 Å². The van der Waals surface area contributed by atoms with Crippen molar-refractivity contribution in [2.24, 2.45) is 0 Å². The van der Waals surface area contributed by atoms with Crippen LogP contribution in [-0.2, 0) is 0 Å². The highest BCUT2D eigenvalue weighted by molar-refractivity contribution is 7.10. The molecule has 0 radical (unpaired) electrons. The van der Waals surface area contributed by atoms with E-state index in [1.165, 1.54) is 4.88 Å². The van der Waals surface area contributed by atoms with Gasteiger partial charge in [0.25, 0.3) is 5.91 Å². The zero-order valence-electron chi connectivity index (χ0n) is 11.7. The molecule has 2 rings (SSSR count). The summed E-state index contributed by atoms with van der Waals surface area (Å²) in [7, 11) is 1.80. The van der Waals surface area contributed by atoms with Crippen molar-refractivity contribution in [1.29, 1.82) is 0 Å². The van der Waals surface area contributed by atoms with Crippen molar-refractivity contribution in [2.75, 3.05) is 12.4 Å². The third-order valence-electron chi connectivity index (χ3n) is 3.05. The quantitative estimate of drug-likeness (QED) is 0.856. The molecule has 0 aliphatic rings. The Balaban J connectivity index is 2.07. The predicted octanol–water partition coefficient (Wildman–Crippen LogP) is 3.46. The predicted molar refractivity (Wildman–Crippen MR) is 83.2 cm³/mol. The molecular formula is C15H19N3OS. The molecule has 0 aliphatic carbocycles. The van der Waals surface area contributed by atoms with E-state index in [2.05, 4.69) is 28.6 Å². The Labute approximate surface area is 123 Å². The second-order valence-electron chi connectivity index (χ2n) is 4.51. The molecule has 4 nitrogen and oxygen atoms in total. The maximum Gasteiger partial charge on any atom is 0.253 e. The summed E-state index contributed by atoms with van der Waals surface area (Å²) in [5.41, 5.74) is 0.585. The molecule has 0 fully saturated rings. The molecule has 20 heavy (non-hydrogen) atoms. The lowest BCUT2D eigenvalue weighted by Crippen LogP contribution is -2.28. The fourth-order valence-electron chi connectivity index (χ4n) is 1.98. The average Bonchev–Trinajstić information content (AvgIpc) is 3.01. The number of nitrogens with one attached hydrogen (secondary N) is 2. The fraction of sp³-hybridized carbons (Fsp3) is 0.333. The number of thiophene rings is 1. The lowest BCUT2D eigenvalue weighted by atomic mass is 10.1. The van der Waals surface area contributed by atoms with Gasteiger partial charge in [0.15, 0.2) is 0 Å². The molecule has 2 heterocycles. The molecule has 0 saturated carbocycles. The first-order valence-corrected chi connectivity index (χ1v) is 7.60. The largest absolute Gasteiger partial charge is 0.373 e. The smallest absolute Gasteiger partial charge is 0.253 e. The summed E-state index contributed by atoms with van der Waals surface area (Å²) in [6.07, 6.45) is 3.56. The maximum absolute atomic E-state index is 12.3. The summed E-state index contributed by atoms with van der Waals surface area (Å²) in [5.74, 6) is 0.678. The van der Waals surface area contributed by atoms with Gasteiger partial charge in [-0.2, -0.15) is 0 Å². The van der Waals surface area contributed by atoms with E-state index in [0.29, 0.717) is 5.56 Å². The van der Waals surface area contributed by atoms with Gasteiger partial charge in [0.05, 0.1) is 11.6 Å². The van der Waals surface area contributed by atoms with Crippen LogP contribution in [0.5, 0.6) is 0 Å². The number of hydrogen-bond acceptors (Lipinski definition) is 4. The molecule has 1 amide bonds. The summed E-state index contributed by atoms with van der Waals surface area (Å²) in [6, 6.07) is 7.74. The van der Waals surface area contributed by atoms with E-state index in [1.54, 1.807) is 36.7 Å². The number of rotatable bonds is 6. The summed E-state index contributed by atoms with van der Waals surface area (Å²) in [6.45, 7) is 2.12. The highest BCUT2D eigenvalue weighted by Gasteiger charge is 2.16. The lowest BCUT2D eigenvalue weighted by molar-refractivity contribution is 0.0935. The topological polar surface area (TPSA) is 54.0 Å². The number of carbonyl (C=O) groups excluding carboxylic acids is 1. The van der Waals surface area contributed by atoms with Gasteiger partial charge in [-0.15, -0.1) is 11.3 Å². The van der Waals surface area contributed by atoms with Crippen LogP contribution in [0.1, 0.15) is 41.0 Å². The van der Waals surface area contributed by atoms with Gasteiger partial charge in [-0.05, 0) is 30.0 Å². The molecule has 0 aromatic carbocycles. The lowest BCUT2D eigenvalue weighted by Gasteiger charge is -2.16. The van der Waals surface area contributed by atoms with Gasteiger partial charge < -0.3 is 10.6 Å². The molecule has 106 valence electrons. The number of nitrogens with zero attached hydrogens (tertiary/aromatic N) is 1. The molecule has 0 bridgehead atoms. The van der Waals surface area contributed by atoms with Crippen LogP contribution in [0, 0.1) is 0 Å². The van der Waals surface area contributed by atoms with E-state index in [9.17, 15) is 4.79 Å². The maximum atomic E-state index is 12.3. The van der Waals surface area contributed by atoms with Gasteiger partial charge in [-0.1, -0.05) is 19.4 Å². The zero-order valence-corrected chi connectivity index (χ0v) is 12.5. The van der Waals surface area contributed by atoms with Crippen LogP contribution in [0.15, 0.2) is 35.8 Å². The Bertz CT molecular complexity index is 537. The van der Waals surface area contributed by atoms with Crippen LogP contribution in [0.25, 0.3) is 0 Å². The van der Waals surface area contributed by atoms with Gasteiger partial charge in [0.2, 0.25) is 0 Å². The molecule has 5 heteroatoms. The molecule has 0 saturated heterocycles. The second kappa shape index (κ2) is 7.05. The van der Waals surface area contributed by atoms with Gasteiger partial charge >= 0.3 is 0 Å². The van der Waals surface area contributed by atoms with E-state index in [-0.39, 0.29) is 11.9 Å². The normalized spacial score (nSPS) is 11.9. The van der Waals surface area contributed by atoms with Crippen molar-refractivity contribution in [3.05, 3.63) is 46.3 Å². The number of amides is 1. The van der Waals surface area contributed by atoms with Crippen LogP contribution in [0.2, 0.25) is 0 Å². The molecule has 2 aromatic heterocycles. The van der Waals surface area contributed by atoms with Crippen molar-refractivity contribution in [3.63, 3.8) is 0 Å². The van der Waals surface area contributed by atoms with E-state index < -0.39 is 0 Å². The molecule has 2 aromatic rings. The van der Waals surface area contributed by atoms with Crippen LogP contribution in [0.3, 0.4) is 0 Å². The SMILES string of the molecule is CCCC(NC(=O)c1ccc(NC)nc1)c1cccs1. The van der Waals surface area contributed by atoms with Gasteiger partial charge in [-0.3, -0.25) is 4.79 Å². The molecule has 1 atom stereocenters. The second-order valence-corrected chi connectivity index (χ2v) is 5.49. The minimum atomic E-state index is -0.0768. The molecule has 2 N–H and O–H groups in total. The number of aromatic nitrogens is 1. The minimum Gasteiger partial charge on any atom is -0.373 e. The van der Waals surface area contributed by atoms with Gasteiger partial charge in [0.1, 0.15) is 5.82 Å². The molecule has 0 aliphatic heterocycles. The number of pyridine rings is 1. The highest BCUT2D eigenvalue weighted by Crippen LogP contribution is 2.23. The van der Waals surface area contributed by atoms with Crippen molar-refractivity contribution in [3.8, 4) is 0 Å². The summed E-state index contributed by atoms with van der Waals surface area (Å²) >= 11 is 1.67. The summed E-state index contributed by atoms with van der Waals surface area (Å²) in [4.78, 5) is 17.6. The van der Waals surface area contributed by atoms with Crippen molar-refractivity contribution < 1.29 is 4.79 Å². The highest BCUT2D eigenvalue weighted by atomic mass is 32.1. The van der Waals surface area contributed by atoms with E-state index in [1.807, 2.05) is 11.4 Å². The van der Waals surface area contributed by atoms with Crippen LogP contribution in [0.4, 0.5) is 5.82 Å². The van der Waals surface area contributed by atoms with Crippen LogP contribution < -0.4 is 10.6 Å². The van der Waals surface area contributed by atoms with E-state index >= 15 is 0 Å². The van der Waals surface area contributed by atoms with Crippen molar-refractivity contribution >= 4 is 23.1 Å². The zero-order chi connectivity index (χ0) is 14.4. The Morgan fingerprint density at radius 3 is 2.80 bits per heavy atom. The Hall–Kier alpha value is -1.88. The Kier molecular flexibility index (Phi) is 5.12. The number of hydrogen-bond donors (Lipinski definition) is 2. The van der Waals surface area contributed by atoms with Crippen molar-refractivity contribution in [1.82, 2.24) is 10.3 Å². The number of anilines is 1. The first-order chi connectivity index (χ1) is 9.74.